The molecule has 3 aromatic heterocycles. The second-order valence-corrected chi connectivity index (χ2v) is 11.8. The third-order valence-electron chi connectivity index (χ3n) is 7.58. The van der Waals surface area contributed by atoms with Crippen molar-refractivity contribution in [3.8, 4) is 11.4 Å². The monoisotopic (exact) mass is 519 g/mol. The van der Waals surface area contributed by atoms with Gasteiger partial charge in [-0.25, -0.2) is 4.98 Å². The number of nitrogens with zero attached hydrogens (tertiary/aromatic N) is 3. The summed E-state index contributed by atoms with van der Waals surface area (Å²) >= 11 is 3.63. The van der Waals surface area contributed by atoms with E-state index in [0.29, 0.717) is 5.82 Å². The van der Waals surface area contributed by atoms with Crippen LogP contribution < -0.4 is 0 Å². The van der Waals surface area contributed by atoms with Gasteiger partial charge in [-0.05, 0) is 41.1 Å². The summed E-state index contributed by atoms with van der Waals surface area (Å²) in [7, 11) is 0. The molecule has 176 valence electrons. The second-order valence-electron chi connectivity index (χ2n) is 9.65. The Morgan fingerprint density at radius 2 is 1.11 bits per heavy atom. The van der Waals surface area contributed by atoms with E-state index in [4.69, 9.17) is 15.2 Å². The normalized spacial score (nSPS) is 12.2. The quantitative estimate of drug-likeness (QED) is 0.203. The van der Waals surface area contributed by atoms with Crippen molar-refractivity contribution in [2.45, 2.75) is 0 Å². The summed E-state index contributed by atoms with van der Waals surface area (Å²) in [5, 5.41) is 19.2. The third-order valence-corrected chi connectivity index (χ3v) is 9.93. The smallest absolute Gasteiger partial charge is 0.183 e. The molecule has 0 unspecified atom stereocenters. The van der Waals surface area contributed by atoms with Crippen LogP contribution in [0.15, 0.2) is 103 Å². The average molecular weight is 520 g/mol. The molecule has 3 heterocycles. The first-order valence-electron chi connectivity index (χ1n) is 12.5. The maximum Gasteiger partial charge on any atom is 0.183 e. The molecule has 0 fully saturated rings. The second kappa shape index (κ2) is 7.54. The highest BCUT2D eigenvalue weighted by Crippen LogP contribution is 2.42. The topological polar surface area (TPSA) is 38.7 Å². The van der Waals surface area contributed by atoms with Crippen LogP contribution in [0.4, 0.5) is 0 Å². The van der Waals surface area contributed by atoms with E-state index < -0.39 is 0 Å². The first-order valence-corrected chi connectivity index (χ1v) is 14.2. The Morgan fingerprint density at radius 1 is 0.421 bits per heavy atom. The molecule has 0 bridgehead atoms. The highest BCUT2D eigenvalue weighted by molar-refractivity contribution is 7.26. The molecule has 5 heteroatoms. The van der Waals surface area contributed by atoms with Crippen molar-refractivity contribution in [3.05, 3.63) is 103 Å². The van der Waals surface area contributed by atoms with Gasteiger partial charge in [0.1, 0.15) is 11.0 Å². The van der Waals surface area contributed by atoms with Crippen LogP contribution in [0, 0.1) is 0 Å². The van der Waals surface area contributed by atoms with Gasteiger partial charge in [-0.2, -0.15) is 0 Å². The van der Waals surface area contributed by atoms with Crippen molar-refractivity contribution >= 4 is 95.6 Å². The SMILES string of the molecule is c1ccc2c(c1)sc1cc3c4ccccc4c4nc(-c5cccc6c5sc5ccccc56)nnc4c3cc12. The predicted octanol–water partition coefficient (Wildman–Crippen LogP) is 9.73. The van der Waals surface area contributed by atoms with Crippen LogP contribution in [-0.2, 0) is 0 Å². The lowest BCUT2D eigenvalue weighted by molar-refractivity contribution is 1.04. The van der Waals surface area contributed by atoms with Crippen molar-refractivity contribution in [3.63, 3.8) is 0 Å². The molecule has 0 spiro atoms. The van der Waals surface area contributed by atoms with Crippen LogP contribution >= 0.6 is 22.7 Å². The van der Waals surface area contributed by atoms with E-state index in [1.165, 1.54) is 51.1 Å². The third kappa shape index (κ3) is 2.75. The summed E-state index contributed by atoms with van der Waals surface area (Å²) in [4.78, 5) is 5.21. The van der Waals surface area contributed by atoms with Crippen LogP contribution in [-0.4, -0.2) is 15.2 Å². The van der Waals surface area contributed by atoms with Crippen molar-refractivity contribution in [1.82, 2.24) is 15.2 Å². The minimum absolute atomic E-state index is 0.668. The van der Waals surface area contributed by atoms with Gasteiger partial charge >= 0.3 is 0 Å². The fraction of sp³-hybridized carbons (Fsp3) is 0. The summed E-state index contributed by atoms with van der Waals surface area (Å²) in [6.07, 6.45) is 0. The van der Waals surface area contributed by atoms with Gasteiger partial charge in [-0.15, -0.1) is 32.9 Å². The number of hydrogen-bond donors (Lipinski definition) is 0. The highest BCUT2D eigenvalue weighted by atomic mass is 32.1. The number of benzene rings is 6. The van der Waals surface area contributed by atoms with E-state index in [-0.39, 0.29) is 0 Å². The molecule has 9 aromatic rings. The van der Waals surface area contributed by atoms with Crippen molar-refractivity contribution in [2.75, 3.05) is 0 Å². The van der Waals surface area contributed by atoms with Crippen LogP contribution in [0.5, 0.6) is 0 Å². The maximum absolute atomic E-state index is 5.21. The number of rotatable bonds is 1. The molecule has 0 amide bonds. The van der Waals surface area contributed by atoms with Crippen LogP contribution in [0.25, 0.3) is 84.3 Å². The zero-order valence-electron chi connectivity index (χ0n) is 20.0. The van der Waals surface area contributed by atoms with E-state index >= 15 is 0 Å². The minimum atomic E-state index is 0.668. The Hall–Kier alpha value is -4.45. The summed E-state index contributed by atoms with van der Waals surface area (Å²) < 4.78 is 5.06. The summed E-state index contributed by atoms with van der Waals surface area (Å²) in [5.41, 5.74) is 2.78. The Kier molecular flexibility index (Phi) is 4.09. The van der Waals surface area contributed by atoms with Gasteiger partial charge in [0, 0.05) is 56.7 Å². The largest absolute Gasteiger partial charge is 0.224 e. The molecule has 9 rings (SSSR count). The maximum atomic E-state index is 5.21. The number of hydrogen-bond acceptors (Lipinski definition) is 5. The Morgan fingerprint density at radius 3 is 1.95 bits per heavy atom. The highest BCUT2D eigenvalue weighted by Gasteiger charge is 2.17. The Labute approximate surface area is 224 Å². The van der Waals surface area contributed by atoms with Gasteiger partial charge in [0.2, 0.25) is 0 Å². The van der Waals surface area contributed by atoms with Gasteiger partial charge in [0.05, 0.1) is 0 Å². The van der Waals surface area contributed by atoms with Gasteiger partial charge in [0.15, 0.2) is 5.82 Å². The lowest BCUT2D eigenvalue weighted by atomic mass is 9.98. The molecule has 0 N–H and O–H groups in total. The molecule has 0 saturated heterocycles. The summed E-state index contributed by atoms with van der Waals surface area (Å²) in [5.74, 6) is 0.668. The summed E-state index contributed by atoms with van der Waals surface area (Å²) in [6, 6.07) is 36.7. The first kappa shape index (κ1) is 20.6. The van der Waals surface area contributed by atoms with Crippen molar-refractivity contribution in [2.24, 2.45) is 0 Å². The molecule has 0 aliphatic rings. The van der Waals surface area contributed by atoms with E-state index in [1.54, 1.807) is 11.3 Å². The molecule has 0 radical (unpaired) electrons. The summed E-state index contributed by atoms with van der Waals surface area (Å²) in [6.45, 7) is 0. The lowest BCUT2D eigenvalue weighted by Crippen LogP contribution is -1.96. The molecule has 0 atom stereocenters. The van der Waals surface area contributed by atoms with Crippen LogP contribution in [0.2, 0.25) is 0 Å². The molecule has 0 saturated carbocycles. The first-order chi connectivity index (χ1) is 18.8. The van der Waals surface area contributed by atoms with Crippen LogP contribution in [0.3, 0.4) is 0 Å². The predicted molar refractivity (Wildman–Crippen MR) is 164 cm³/mol. The molecule has 6 aromatic carbocycles. The fourth-order valence-corrected chi connectivity index (χ4v) is 8.19. The number of aromatic nitrogens is 3. The number of thiophene rings is 2. The Bertz CT molecular complexity index is 2420. The molecule has 38 heavy (non-hydrogen) atoms. The molecular weight excluding hydrogens is 503 g/mol. The zero-order chi connectivity index (χ0) is 24.8. The standard InChI is InChI=1S/C33H17N3S2/c1-2-11-21-18(8-1)24-17-29-25(20-10-4-5-14-27(20)37-29)16-26(24)31-30(21)34-33(36-35-31)23-13-7-12-22-19-9-3-6-15-28(19)38-32(22)23/h1-17H. The Balaban J connectivity index is 1.40. The van der Waals surface area contributed by atoms with Crippen molar-refractivity contribution < 1.29 is 0 Å². The van der Waals surface area contributed by atoms with E-state index in [9.17, 15) is 0 Å². The van der Waals surface area contributed by atoms with Gasteiger partial charge in [-0.3, -0.25) is 0 Å². The van der Waals surface area contributed by atoms with Crippen molar-refractivity contribution in [1.29, 1.82) is 0 Å². The van der Waals surface area contributed by atoms with Gasteiger partial charge < -0.3 is 0 Å². The molecule has 3 nitrogen and oxygen atoms in total. The van der Waals surface area contributed by atoms with E-state index in [2.05, 4.69) is 103 Å². The van der Waals surface area contributed by atoms with E-state index in [1.807, 2.05) is 11.3 Å². The van der Waals surface area contributed by atoms with Gasteiger partial charge in [-0.1, -0.05) is 72.8 Å². The van der Waals surface area contributed by atoms with Gasteiger partial charge in [0.25, 0.3) is 0 Å². The van der Waals surface area contributed by atoms with E-state index in [0.717, 1.165) is 27.4 Å². The molecule has 0 aliphatic heterocycles. The average Bonchev–Trinajstić information content (AvgIpc) is 3.54. The number of fused-ring (bicyclic) bond motifs is 12. The lowest BCUT2D eigenvalue weighted by Gasteiger charge is -2.10. The zero-order valence-corrected chi connectivity index (χ0v) is 21.6. The molecular formula is C33H17N3S2. The minimum Gasteiger partial charge on any atom is -0.224 e. The molecule has 0 aliphatic carbocycles. The van der Waals surface area contributed by atoms with Crippen LogP contribution in [0.1, 0.15) is 0 Å². The fourth-order valence-electron chi connectivity index (χ4n) is 5.85.